The van der Waals surface area contributed by atoms with Crippen LogP contribution in [0.25, 0.3) is 5.57 Å². The van der Waals surface area contributed by atoms with Crippen LogP contribution in [0, 0.1) is 0 Å². The molecule has 2 rings (SSSR count). The summed E-state index contributed by atoms with van der Waals surface area (Å²) in [5, 5.41) is 10.6. The molecule has 0 aliphatic heterocycles. The van der Waals surface area contributed by atoms with Gasteiger partial charge in [-0.1, -0.05) is 42.5 Å². The minimum atomic E-state index is -0.661. The topological polar surface area (TPSA) is 36.4 Å². The Morgan fingerprint density at radius 2 is 1.95 bits per heavy atom. The molecule has 1 heterocycles. The van der Waals surface area contributed by atoms with Crippen LogP contribution in [0.4, 0.5) is 0 Å². The van der Waals surface area contributed by atoms with Gasteiger partial charge in [-0.25, -0.2) is 0 Å². The first-order valence-electron chi connectivity index (χ1n) is 6.66. The van der Waals surface area contributed by atoms with Crippen LogP contribution in [0.5, 0.6) is 0 Å². The maximum atomic E-state index is 10.6. The van der Waals surface area contributed by atoms with E-state index in [1.54, 1.807) is 12.4 Å². The second-order valence-corrected chi connectivity index (χ2v) is 4.98. The van der Waals surface area contributed by atoms with Gasteiger partial charge in [0.15, 0.2) is 0 Å². The van der Waals surface area contributed by atoms with Crippen molar-refractivity contribution in [3.8, 4) is 0 Å². The Morgan fingerprint density at radius 1 is 1.20 bits per heavy atom. The van der Waals surface area contributed by atoms with E-state index in [9.17, 15) is 5.11 Å². The standard InChI is InChI=1S/C17H20N2O/c1-19(2)12-10-16(14-7-4-3-5-8-14)17(20)15-9-6-11-18-13-15/h3-11,13,17,20H,12H2,1-2H3. The van der Waals surface area contributed by atoms with Gasteiger partial charge in [-0.15, -0.1) is 0 Å². The molecule has 0 saturated heterocycles. The highest BCUT2D eigenvalue weighted by molar-refractivity contribution is 5.70. The average molecular weight is 268 g/mol. The number of pyridine rings is 1. The van der Waals surface area contributed by atoms with Crippen molar-refractivity contribution in [2.24, 2.45) is 0 Å². The molecule has 2 aromatic rings. The fourth-order valence-corrected chi connectivity index (χ4v) is 2.02. The summed E-state index contributed by atoms with van der Waals surface area (Å²) >= 11 is 0. The number of likely N-dealkylation sites (N-methyl/N-ethyl adjacent to an activating group) is 1. The summed E-state index contributed by atoms with van der Waals surface area (Å²) in [6.45, 7) is 0.779. The van der Waals surface area contributed by atoms with E-state index in [1.165, 1.54) is 0 Å². The van der Waals surface area contributed by atoms with Crippen LogP contribution in [0.2, 0.25) is 0 Å². The molecule has 3 heteroatoms. The summed E-state index contributed by atoms with van der Waals surface area (Å²) < 4.78 is 0. The van der Waals surface area contributed by atoms with Crippen molar-refractivity contribution in [3.05, 3.63) is 72.1 Å². The van der Waals surface area contributed by atoms with Gasteiger partial charge in [0.2, 0.25) is 0 Å². The fraction of sp³-hybridized carbons (Fsp3) is 0.235. The molecule has 1 atom stereocenters. The molecule has 1 aromatic heterocycles. The van der Waals surface area contributed by atoms with Crippen molar-refractivity contribution in [2.75, 3.05) is 20.6 Å². The number of aliphatic hydroxyl groups is 1. The van der Waals surface area contributed by atoms with Gasteiger partial charge in [-0.3, -0.25) is 4.98 Å². The summed E-state index contributed by atoms with van der Waals surface area (Å²) in [6, 6.07) is 13.7. The van der Waals surface area contributed by atoms with Crippen molar-refractivity contribution >= 4 is 5.57 Å². The minimum Gasteiger partial charge on any atom is -0.384 e. The van der Waals surface area contributed by atoms with E-state index >= 15 is 0 Å². The number of benzene rings is 1. The summed E-state index contributed by atoms with van der Waals surface area (Å²) in [5.74, 6) is 0. The number of hydrogen-bond donors (Lipinski definition) is 1. The van der Waals surface area contributed by atoms with Crippen molar-refractivity contribution in [2.45, 2.75) is 6.10 Å². The Hall–Kier alpha value is -1.97. The second kappa shape index (κ2) is 6.98. The lowest BCUT2D eigenvalue weighted by Crippen LogP contribution is -2.12. The molecule has 0 radical (unpaired) electrons. The number of rotatable bonds is 5. The largest absolute Gasteiger partial charge is 0.384 e. The third kappa shape index (κ3) is 3.76. The lowest BCUT2D eigenvalue weighted by Gasteiger charge is -2.17. The van der Waals surface area contributed by atoms with E-state index in [0.717, 1.165) is 23.2 Å². The van der Waals surface area contributed by atoms with Crippen molar-refractivity contribution in [1.82, 2.24) is 9.88 Å². The number of hydrogen-bond acceptors (Lipinski definition) is 3. The smallest absolute Gasteiger partial charge is 0.106 e. The summed E-state index contributed by atoms with van der Waals surface area (Å²) in [5.41, 5.74) is 2.75. The van der Waals surface area contributed by atoms with Gasteiger partial charge in [0.25, 0.3) is 0 Å². The van der Waals surface area contributed by atoms with E-state index < -0.39 is 6.10 Å². The molecule has 1 aromatic carbocycles. The highest BCUT2D eigenvalue weighted by Gasteiger charge is 2.15. The number of aromatic nitrogens is 1. The fourth-order valence-electron chi connectivity index (χ4n) is 2.02. The quantitative estimate of drug-likeness (QED) is 0.906. The Kier molecular flexibility index (Phi) is 5.04. The Labute approximate surface area is 120 Å². The molecule has 0 saturated carbocycles. The molecule has 0 bridgehead atoms. The van der Waals surface area contributed by atoms with Crippen LogP contribution in [-0.4, -0.2) is 35.6 Å². The van der Waals surface area contributed by atoms with Crippen molar-refractivity contribution in [3.63, 3.8) is 0 Å². The van der Waals surface area contributed by atoms with Gasteiger partial charge in [0.1, 0.15) is 6.10 Å². The second-order valence-electron chi connectivity index (χ2n) is 4.98. The summed E-state index contributed by atoms with van der Waals surface area (Å²) in [4.78, 5) is 6.15. The first-order chi connectivity index (χ1) is 9.68. The third-order valence-corrected chi connectivity index (χ3v) is 3.08. The van der Waals surface area contributed by atoms with Crippen LogP contribution >= 0.6 is 0 Å². The van der Waals surface area contributed by atoms with Crippen molar-refractivity contribution in [1.29, 1.82) is 0 Å². The first-order valence-corrected chi connectivity index (χ1v) is 6.66. The molecule has 1 unspecified atom stereocenters. The van der Waals surface area contributed by atoms with E-state index in [0.29, 0.717) is 0 Å². The Balaban J connectivity index is 2.34. The molecule has 3 nitrogen and oxygen atoms in total. The zero-order chi connectivity index (χ0) is 14.4. The molecule has 104 valence electrons. The normalized spacial score (nSPS) is 13.5. The zero-order valence-electron chi connectivity index (χ0n) is 11.9. The van der Waals surface area contributed by atoms with Crippen LogP contribution in [-0.2, 0) is 0 Å². The van der Waals surface area contributed by atoms with E-state index in [1.807, 2.05) is 56.6 Å². The van der Waals surface area contributed by atoms with Crippen LogP contribution in [0.1, 0.15) is 17.2 Å². The van der Waals surface area contributed by atoms with E-state index in [2.05, 4.69) is 16.0 Å². The van der Waals surface area contributed by atoms with Crippen LogP contribution < -0.4 is 0 Å². The lowest BCUT2D eigenvalue weighted by atomic mass is 9.95. The highest BCUT2D eigenvalue weighted by atomic mass is 16.3. The first kappa shape index (κ1) is 14.4. The zero-order valence-corrected chi connectivity index (χ0v) is 11.9. The molecule has 1 N–H and O–H groups in total. The van der Waals surface area contributed by atoms with Gasteiger partial charge in [-0.05, 0) is 31.3 Å². The van der Waals surface area contributed by atoms with E-state index in [4.69, 9.17) is 0 Å². The molecule has 0 spiro atoms. The molecule has 20 heavy (non-hydrogen) atoms. The monoisotopic (exact) mass is 268 g/mol. The third-order valence-electron chi connectivity index (χ3n) is 3.08. The van der Waals surface area contributed by atoms with Gasteiger partial charge in [0.05, 0.1) is 0 Å². The minimum absolute atomic E-state index is 0.661. The molecule has 0 aliphatic carbocycles. The van der Waals surface area contributed by atoms with Gasteiger partial charge < -0.3 is 10.0 Å². The molecular weight excluding hydrogens is 248 g/mol. The Morgan fingerprint density at radius 3 is 2.55 bits per heavy atom. The molecule has 0 aliphatic rings. The average Bonchev–Trinajstić information content (AvgIpc) is 2.49. The maximum Gasteiger partial charge on any atom is 0.106 e. The van der Waals surface area contributed by atoms with Crippen LogP contribution in [0.15, 0.2) is 60.9 Å². The van der Waals surface area contributed by atoms with Gasteiger partial charge >= 0.3 is 0 Å². The molecule has 0 fully saturated rings. The predicted molar refractivity (Wildman–Crippen MR) is 82.2 cm³/mol. The maximum absolute atomic E-state index is 10.6. The van der Waals surface area contributed by atoms with Crippen molar-refractivity contribution < 1.29 is 5.11 Å². The van der Waals surface area contributed by atoms with Gasteiger partial charge in [0, 0.05) is 24.5 Å². The molecule has 0 amide bonds. The SMILES string of the molecule is CN(C)CC=C(c1ccccc1)C(O)c1cccnc1. The number of nitrogens with zero attached hydrogens (tertiary/aromatic N) is 2. The molecular formula is C17H20N2O. The van der Waals surface area contributed by atoms with Crippen LogP contribution in [0.3, 0.4) is 0 Å². The number of aliphatic hydroxyl groups excluding tert-OH is 1. The predicted octanol–water partition coefficient (Wildman–Crippen LogP) is 2.76. The van der Waals surface area contributed by atoms with Gasteiger partial charge in [-0.2, -0.15) is 0 Å². The highest BCUT2D eigenvalue weighted by Crippen LogP contribution is 2.29. The lowest BCUT2D eigenvalue weighted by molar-refractivity contribution is 0.237. The Bertz CT molecular complexity index is 550. The summed E-state index contributed by atoms with van der Waals surface area (Å²) in [6.07, 6.45) is 4.82. The summed E-state index contributed by atoms with van der Waals surface area (Å²) in [7, 11) is 4.02. The van der Waals surface area contributed by atoms with E-state index in [-0.39, 0.29) is 0 Å².